The van der Waals surface area contributed by atoms with E-state index >= 15 is 0 Å². The summed E-state index contributed by atoms with van der Waals surface area (Å²) in [6, 6.07) is 0. The second-order valence-electron chi connectivity index (χ2n) is 3.87. The van der Waals surface area contributed by atoms with Crippen LogP contribution in [-0.4, -0.2) is 62.1 Å². The van der Waals surface area contributed by atoms with Gasteiger partial charge in [0.25, 0.3) is 5.91 Å². The molecule has 6 nitrogen and oxygen atoms in total. The highest BCUT2D eigenvalue weighted by Crippen LogP contribution is 2.02. The Bertz CT molecular complexity index is 270. The summed E-state index contributed by atoms with van der Waals surface area (Å²) in [5.74, 6) is -0.252. The van der Waals surface area contributed by atoms with Crippen molar-refractivity contribution in [1.82, 2.24) is 15.5 Å². The Kier molecular flexibility index (Phi) is 8.70. The Balaban J connectivity index is 0.00000289. The second kappa shape index (κ2) is 9.13. The van der Waals surface area contributed by atoms with Crippen molar-refractivity contribution in [1.29, 1.82) is 0 Å². The lowest BCUT2D eigenvalue weighted by atomic mass is 10.2. The van der Waals surface area contributed by atoms with Crippen LogP contribution < -0.4 is 10.6 Å². The number of hydrogen-bond donors (Lipinski definition) is 2. The van der Waals surface area contributed by atoms with Crippen LogP contribution in [0.1, 0.15) is 13.8 Å². The van der Waals surface area contributed by atoms with E-state index in [1.165, 1.54) is 4.90 Å². The number of likely N-dealkylation sites (N-methyl/N-ethyl adjacent to an activating group) is 2. The van der Waals surface area contributed by atoms with Gasteiger partial charge < -0.3 is 20.3 Å². The quantitative estimate of drug-likeness (QED) is 0.704. The molecule has 2 N–H and O–H groups in total. The largest absolute Gasteiger partial charge is 0.366 e. The minimum Gasteiger partial charge on any atom is -0.366 e. The molecule has 106 valence electrons. The number of morpholine rings is 1. The fourth-order valence-electron chi connectivity index (χ4n) is 1.70. The second-order valence-corrected chi connectivity index (χ2v) is 3.87. The monoisotopic (exact) mass is 279 g/mol. The highest BCUT2D eigenvalue weighted by atomic mass is 35.5. The van der Waals surface area contributed by atoms with E-state index in [9.17, 15) is 9.59 Å². The molecule has 0 aromatic carbocycles. The third-order valence-corrected chi connectivity index (χ3v) is 2.60. The van der Waals surface area contributed by atoms with E-state index in [1.807, 2.05) is 13.8 Å². The van der Waals surface area contributed by atoms with Crippen LogP contribution in [0.5, 0.6) is 0 Å². The normalized spacial score (nSPS) is 18.7. The summed E-state index contributed by atoms with van der Waals surface area (Å²) < 4.78 is 5.38. The highest BCUT2D eigenvalue weighted by Gasteiger charge is 2.26. The van der Waals surface area contributed by atoms with Crippen molar-refractivity contribution in [2.24, 2.45) is 0 Å². The lowest BCUT2D eigenvalue weighted by Gasteiger charge is -2.28. The summed E-state index contributed by atoms with van der Waals surface area (Å²) >= 11 is 0. The summed E-state index contributed by atoms with van der Waals surface area (Å²) in [4.78, 5) is 25.0. The minimum absolute atomic E-state index is 0. The lowest BCUT2D eigenvalue weighted by molar-refractivity contribution is -0.147. The highest BCUT2D eigenvalue weighted by molar-refractivity contribution is 5.87. The molecule has 0 radical (unpaired) electrons. The van der Waals surface area contributed by atoms with Gasteiger partial charge in [-0.2, -0.15) is 0 Å². The average molecular weight is 280 g/mol. The van der Waals surface area contributed by atoms with Gasteiger partial charge in [0.05, 0.1) is 13.2 Å². The van der Waals surface area contributed by atoms with Crippen LogP contribution in [0.4, 0.5) is 0 Å². The van der Waals surface area contributed by atoms with Gasteiger partial charge in [-0.1, -0.05) is 0 Å². The first-order valence-electron chi connectivity index (χ1n) is 6.06. The first-order valence-corrected chi connectivity index (χ1v) is 6.06. The van der Waals surface area contributed by atoms with Gasteiger partial charge in [-0.25, -0.2) is 0 Å². The van der Waals surface area contributed by atoms with E-state index in [1.54, 1.807) is 0 Å². The van der Waals surface area contributed by atoms with Gasteiger partial charge in [-0.15, -0.1) is 12.4 Å². The summed E-state index contributed by atoms with van der Waals surface area (Å²) in [5, 5.41) is 5.78. The number of nitrogens with zero attached hydrogens (tertiary/aromatic N) is 1. The molecule has 1 rings (SSSR count). The Hall–Kier alpha value is -0.850. The molecule has 7 heteroatoms. The molecular weight excluding hydrogens is 258 g/mol. The molecule has 1 unspecified atom stereocenters. The van der Waals surface area contributed by atoms with E-state index < -0.39 is 6.10 Å². The zero-order valence-electron chi connectivity index (χ0n) is 10.9. The van der Waals surface area contributed by atoms with Crippen molar-refractivity contribution in [2.45, 2.75) is 20.0 Å². The van der Waals surface area contributed by atoms with Crippen LogP contribution >= 0.6 is 12.4 Å². The van der Waals surface area contributed by atoms with Crippen molar-refractivity contribution in [3.05, 3.63) is 0 Å². The smallest absolute Gasteiger partial charge is 0.253 e. The molecule has 0 aliphatic carbocycles. The van der Waals surface area contributed by atoms with Gasteiger partial charge in [-0.3, -0.25) is 9.59 Å². The van der Waals surface area contributed by atoms with Crippen molar-refractivity contribution < 1.29 is 14.3 Å². The molecule has 1 saturated heterocycles. The topological polar surface area (TPSA) is 70.7 Å². The molecule has 0 saturated carbocycles. The van der Waals surface area contributed by atoms with Crippen LogP contribution in [0.3, 0.4) is 0 Å². The number of halogens is 1. The maximum Gasteiger partial charge on any atom is 0.253 e. The predicted molar refractivity (Wildman–Crippen MR) is 70.8 cm³/mol. The molecule has 0 aromatic heterocycles. The Morgan fingerprint density at radius 1 is 1.44 bits per heavy atom. The average Bonchev–Trinajstić information content (AvgIpc) is 2.36. The standard InChI is InChI=1S/C11H21N3O3.ClH/c1-3-13-10(15)8-14(4-2)11(16)9-7-12-5-6-17-9;/h9,12H,3-8H2,1-2H3,(H,13,15);1H. The molecule has 18 heavy (non-hydrogen) atoms. The number of rotatable bonds is 5. The maximum atomic E-state index is 12.0. The molecule has 2 amide bonds. The number of carbonyl (C=O) groups excluding carboxylic acids is 2. The molecule has 1 aliphatic heterocycles. The van der Waals surface area contributed by atoms with Crippen LogP contribution in [0, 0.1) is 0 Å². The zero-order valence-corrected chi connectivity index (χ0v) is 11.7. The van der Waals surface area contributed by atoms with Crippen molar-refractivity contribution in [3.63, 3.8) is 0 Å². The summed E-state index contributed by atoms with van der Waals surface area (Å²) in [6.07, 6.45) is -0.460. The summed E-state index contributed by atoms with van der Waals surface area (Å²) in [6.45, 7) is 6.72. The molecule has 1 fully saturated rings. The Labute approximate surface area is 114 Å². The number of nitrogens with one attached hydrogen (secondary N) is 2. The molecule has 1 heterocycles. The number of hydrogen-bond acceptors (Lipinski definition) is 4. The summed E-state index contributed by atoms with van der Waals surface area (Å²) in [5.41, 5.74) is 0. The molecule has 0 aromatic rings. The van der Waals surface area contributed by atoms with Gasteiger partial charge in [0, 0.05) is 26.2 Å². The van der Waals surface area contributed by atoms with Crippen LogP contribution in [0.25, 0.3) is 0 Å². The van der Waals surface area contributed by atoms with Crippen LogP contribution in [0.15, 0.2) is 0 Å². The number of amides is 2. The minimum atomic E-state index is -0.460. The first kappa shape index (κ1) is 17.2. The third kappa shape index (κ3) is 5.20. The first-order chi connectivity index (χ1) is 8.19. The predicted octanol–water partition coefficient (Wildman–Crippen LogP) is -0.619. The molecule has 1 aliphatic rings. The molecular formula is C11H22ClN3O3. The zero-order chi connectivity index (χ0) is 12.7. The fraction of sp³-hybridized carbons (Fsp3) is 0.818. The molecule has 0 spiro atoms. The Morgan fingerprint density at radius 3 is 2.67 bits per heavy atom. The Morgan fingerprint density at radius 2 is 2.17 bits per heavy atom. The summed E-state index contributed by atoms with van der Waals surface area (Å²) in [7, 11) is 0. The van der Waals surface area contributed by atoms with Crippen LogP contribution in [0.2, 0.25) is 0 Å². The third-order valence-electron chi connectivity index (χ3n) is 2.60. The van der Waals surface area contributed by atoms with E-state index in [-0.39, 0.29) is 30.8 Å². The van der Waals surface area contributed by atoms with Gasteiger partial charge in [0.1, 0.15) is 6.10 Å². The van der Waals surface area contributed by atoms with E-state index in [0.717, 1.165) is 6.54 Å². The number of ether oxygens (including phenoxy) is 1. The van der Waals surface area contributed by atoms with Crippen molar-refractivity contribution in [2.75, 3.05) is 39.3 Å². The number of carbonyl (C=O) groups is 2. The molecule has 1 atom stereocenters. The fourth-order valence-corrected chi connectivity index (χ4v) is 1.70. The van der Waals surface area contributed by atoms with E-state index in [0.29, 0.717) is 26.2 Å². The van der Waals surface area contributed by atoms with Gasteiger partial charge in [-0.05, 0) is 13.8 Å². The van der Waals surface area contributed by atoms with Crippen molar-refractivity contribution >= 4 is 24.2 Å². The SMILES string of the molecule is CCNC(=O)CN(CC)C(=O)C1CNCCO1.Cl. The molecule has 0 bridgehead atoms. The van der Waals surface area contributed by atoms with E-state index in [4.69, 9.17) is 4.74 Å². The lowest BCUT2D eigenvalue weighted by Crippen LogP contribution is -2.51. The maximum absolute atomic E-state index is 12.0. The van der Waals surface area contributed by atoms with Crippen LogP contribution in [-0.2, 0) is 14.3 Å². The van der Waals surface area contributed by atoms with Gasteiger partial charge >= 0.3 is 0 Å². The van der Waals surface area contributed by atoms with Gasteiger partial charge in [0.2, 0.25) is 5.91 Å². The van der Waals surface area contributed by atoms with Crippen molar-refractivity contribution in [3.8, 4) is 0 Å². The van der Waals surface area contributed by atoms with E-state index in [2.05, 4.69) is 10.6 Å². The van der Waals surface area contributed by atoms with Gasteiger partial charge in [0.15, 0.2) is 0 Å².